The maximum Gasteiger partial charge on any atom is 0.319 e. The molecule has 35 heavy (non-hydrogen) atoms. The van der Waals surface area contributed by atoms with Gasteiger partial charge in [-0.3, -0.25) is 4.90 Å². The number of ether oxygens (including phenoxy) is 1. The minimum atomic E-state index is -0.222. The fraction of sp³-hybridized carbons (Fsp3) is 0.346. The Morgan fingerprint density at radius 2 is 1.80 bits per heavy atom. The molecule has 184 valence electrons. The van der Waals surface area contributed by atoms with Gasteiger partial charge in [-0.25, -0.2) is 9.78 Å². The molecule has 1 saturated heterocycles. The number of hydrogen-bond donors (Lipinski definition) is 4. The number of carbonyl (C=O) groups is 1. The van der Waals surface area contributed by atoms with E-state index < -0.39 is 0 Å². The Morgan fingerprint density at radius 3 is 2.57 bits per heavy atom. The molecule has 0 aliphatic carbocycles. The van der Waals surface area contributed by atoms with Crippen LogP contribution in [0.1, 0.15) is 18.1 Å². The second-order valence-corrected chi connectivity index (χ2v) is 8.44. The van der Waals surface area contributed by atoms with E-state index in [4.69, 9.17) is 4.74 Å². The van der Waals surface area contributed by atoms with Crippen molar-refractivity contribution in [3.05, 3.63) is 65.9 Å². The van der Waals surface area contributed by atoms with E-state index in [2.05, 4.69) is 54.3 Å². The topological polar surface area (TPSA) is 103 Å². The number of aryl methyl sites for hydroxylation is 1. The summed E-state index contributed by atoms with van der Waals surface area (Å²) in [7, 11) is 0. The highest BCUT2D eigenvalue weighted by atomic mass is 16.5. The number of anilines is 5. The lowest BCUT2D eigenvalue weighted by atomic mass is 10.1. The third-order valence-electron chi connectivity index (χ3n) is 5.72. The van der Waals surface area contributed by atoms with Crippen molar-refractivity contribution in [1.29, 1.82) is 0 Å². The average molecular weight is 476 g/mol. The van der Waals surface area contributed by atoms with Gasteiger partial charge in [-0.1, -0.05) is 12.1 Å². The summed E-state index contributed by atoms with van der Waals surface area (Å²) in [5, 5.41) is 12.2. The lowest BCUT2D eigenvalue weighted by molar-refractivity contribution is 0.0384. The number of aromatic nitrogens is 2. The quantitative estimate of drug-likeness (QED) is 0.366. The Morgan fingerprint density at radius 1 is 1.03 bits per heavy atom. The van der Waals surface area contributed by atoms with Crippen LogP contribution < -0.4 is 21.3 Å². The first-order chi connectivity index (χ1) is 17.1. The third kappa shape index (κ3) is 7.40. The Hall–Kier alpha value is -3.69. The van der Waals surface area contributed by atoms with Gasteiger partial charge in [0.15, 0.2) is 0 Å². The highest BCUT2D eigenvalue weighted by molar-refractivity contribution is 5.89. The lowest BCUT2D eigenvalue weighted by Crippen LogP contribution is -2.37. The van der Waals surface area contributed by atoms with Crippen LogP contribution >= 0.6 is 0 Å². The molecule has 9 heteroatoms. The Kier molecular flexibility index (Phi) is 8.48. The normalized spacial score (nSPS) is 13.8. The molecule has 0 spiro atoms. The van der Waals surface area contributed by atoms with Gasteiger partial charge in [0.25, 0.3) is 0 Å². The maximum absolute atomic E-state index is 11.7. The molecule has 9 nitrogen and oxygen atoms in total. The van der Waals surface area contributed by atoms with Crippen LogP contribution in [-0.4, -0.2) is 60.3 Å². The SMILES string of the molecule is CCNC(=O)Nc1ccc(Nc2nc(Nc3cccc(CCN4CCOCC4)c3)ncc2C)cc1. The van der Waals surface area contributed by atoms with E-state index in [0.29, 0.717) is 12.5 Å². The van der Waals surface area contributed by atoms with Gasteiger partial charge in [0.1, 0.15) is 5.82 Å². The van der Waals surface area contributed by atoms with Gasteiger partial charge in [-0.15, -0.1) is 0 Å². The predicted molar refractivity (Wildman–Crippen MR) is 140 cm³/mol. The standard InChI is InChI=1S/C26H33N7O2/c1-3-27-26(34)31-22-9-7-21(8-10-22)29-24-19(2)18-28-25(32-24)30-23-6-4-5-20(17-23)11-12-33-13-15-35-16-14-33/h4-10,17-18H,3,11-16H2,1-2H3,(H2,27,31,34)(H2,28,29,30,32). The molecule has 1 fully saturated rings. The third-order valence-corrected chi connectivity index (χ3v) is 5.72. The molecule has 4 N–H and O–H groups in total. The second-order valence-electron chi connectivity index (χ2n) is 8.44. The molecule has 0 unspecified atom stereocenters. The van der Waals surface area contributed by atoms with E-state index in [-0.39, 0.29) is 6.03 Å². The summed E-state index contributed by atoms with van der Waals surface area (Å²) in [6.45, 7) is 9.08. The van der Waals surface area contributed by atoms with Crippen molar-refractivity contribution in [3.8, 4) is 0 Å². The number of morpholine rings is 1. The largest absolute Gasteiger partial charge is 0.379 e. The highest BCUT2D eigenvalue weighted by Gasteiger charge is 2.10. The fourth-order valence-corrected chi connectivity index (χ4v) is 3.78. The van der Waals surface area contributed by atoms with Crippen LogP contribution in [-0.2, 0) is 11.2 Å². The van der Waals surface area contributed by atoms with Gasteiger partial charge in [-0.2, -0.15) is 4.98 Å². The predicted octanol–water partition coefficient (Wildman–Crippen LogP) is 4.29. The molecule has 1 aromatic heterocycles. The molecular weight excluding hydrogens is 442 g/mol. The smallest absolute Gasteiger partial charge is 0.319 e. The van der Waals surface area contributed by atoms with Crippen molar-refractivity contribution in [2.24, 2.45) is 0 Å². The molecule has 1 aliphatic rings. The van der Waals surface area contributed by atoms with Gasteiger partial charge in [0.05, 0.1) is 13.2 Å². The van der Waals surface area contributed by atoms with Crippen molar-refractivity contribution in [2.75, 3.05) is 55.3 Å². The molecule has 0 bridgehead atoms. The average Bonchev–Trinajstić information content (AvgIpc) is 2.87. The second kappa shape index (κ2) is 12.1. The van der Waals surface area contributed by atoms with Crippen molar-refractivity contribution in [1.82, 2.24) is 20.2 Å². The molecule has 3 aromatic rings. The van der Waals surface area contributed by atoms with E-state index in [0.717, 1.165) is 67.7 Å². The molecule has 0 saturated carbocycles. The van der Waals surface area contributed by atoms with Crippen molar-refractivity contribution in [2.45, 2.75) is 20.3 Å². The molecular formula is C26H33N7O2. The van der Waals surface area contributed by atoms with Gasteiger partial charge >= 0.3 is 6.03 Å². The van der Waals surface area contributed by atoms with Gasteiger partial charge in [0.2, 0.25) is 5.95 Å². The highest BCUT2D eigenvalue weighted by Crippen LogP contribution is 2.22. The first-order valence-corrected chi connectivity index (χ1v) is 12.0. The fourth-order valence-electron chi connectivity index (χ4n) is 3.78. The molecule has 1 aliphatic heterocycles. The van der Waals surface area contributed by atoms with Crippen LogP contribution in [0, 0.1) is 6.92 Å². The van der Waals surface area contributed by atoms with E-state index in [9.17, 15) is 4.79 Å². The summed E-state index contributed by atoms with van der Waals surface area (Å²) in [6, 6.07) is 15.6. The van der Waals surface area contributed by atoms with Crippen LogP contribution in [0.2, 0.25) is 0 Å². The Labute approximate surface area is 206 Å². The molecule has 0 radical (unpaired) electrons. The minimum absolute atomic E-state index is 0.222. The Bertz CT molecular complexity index is 1110. The van der Waals surface area contributed by atoms with Gasteiger partial charge in [0, 0.05) is 55.0 Å². The number of benzene rings is 2. The Balaban J connectivity index is 1.37. The van der Waals surface area contributed by atoms with Crippen LogP contribution in [0.15, 0.2) is 54.7 Å². The summed E-state index contributed by atoms with van der Waals surface area (Å²) >= 11 is 0. The number of urea groups is 1. The van der Waals surface area contributed by atoms with Crippen molar-refractivity contribution < 1.29 is 9.53 Å². The van der Waals surface area contributed by atoms with Gasteiger partial charge in [-0.05, 0) is 62.2 Å². The first-order valence-electron chi connectivity index (χ1n) is 12.0. The zero-order valence-corrected chi connectivity index (χ0v) is 20.3. The van der Waals surface area contributed by atoms with E-state index in [1.165, 1.54) is 5.56 Å². The van der Waals surface area contributed by atoms with E-state index in [1.54, 1.807) is 6.20 Å². The van der Waals surface area contributed by atoms with Gasteiger partial charge < -0.3 is 26.0 Å². The monoisotopic (exact) mass is 475 g/mol. The van der Waals surface area contributed by atoms with Crippen LogP contribution in [0.3, 0.4) is 0 Å². The van der Waals surface area contributed by atoms with Crippen LogP contribution in [0.25, 0.3) is 0 Å². The lowest BCUT2D eigenvalue weighted by Gasteiger charge is -2.26. The zero-order valence-electron chi connectivity index (χ0n) is 20.3. The minimum Gasteiger partial charge on any atom is -0.379 e. The molecule has 4 rings (SSSR count). The summed E-state index contributed by atoms with van der Waals surface area (Å²) in [5.74, 6) is 1.24. The summed E-state index contributed by atoms with van der Waals surface area (Å²) in [5.41, 5.74) is 4.74. The van der Waals surface area contributed by atoms with Crippen molar-refractivity contribution in [3.63, 3.8) is 0 Å². The van der Waals surface area contributed by atoms with Crippen LogP contribution in [0.4, 0.5) is 33.6 Å². The van der Waals surface area contributed by atoms with E-state index >= 15 is 0 Å². The first kappa shape index (κ1) is 24.4. The molecule has 2 heterocycles. The zero-order chi connectivity index (χ0) is 24.5. The number of hydrogen-bond acceptors (Lipinski definition) is 7. The maximum atomic E-state index is 11.7. The van der Waals surface area contributed by atoms with Crippen molar-refractivity contribution >= 4 is 34.9 Å². The number of amides is 2. The summed E-state index contributed by atoms with van der Waals surface area (Å²) in [4.78, 5) is 23.2. The number of rotatable bonds is 9. The van der Waals surface area contributed by atoms with E-state index in [1.807, 2.05) is 44.2 Å². The number of carbonyl (C=O) groups excluding carboxylic acids is 1. The number of nitrogens with zero attached hydrogens (tertiary/aromatic N) is 3. The van der Waals surface area contributed by atoms with Crippen LogP contribution in [0.5, 0.6) is 0 Å². The molecule has 0 atom stereocenters. The summed E-state index contributed by atoms with van der Waals surface area (Å²) in [6.07, 6.45) is 2.78. The molecule has 2 aromatic carbocycles. The number of nitrogens with one attached hydrogen (secondary N) is 4. The summed E-state index contributed by atoms with van der Waals surface area (Å²) < 4.78 is 5.43. The molecule has 2 amide bonds.